The van der Waals surface area contributed by atoms with Gasteiger partial charge in [-0.2, -0.15) is 0 Å². The quantitative estimate of drug-likeness (QED) is 0.695. The molecule has 0 aliphatic carbocycles. The fourth-order valence-corrected chi connectivity index (χ4v) is 3.68. The van der Waals surface area contributed by atoms with E-state index >= 15 is 0 Å². The van der Waals surface area contributed by atoms with Crippen LogP contribution in [0.1, 0.15) is 24.0 Å². The number of esters is 1. The van der Waals surface area contributed by atoms with Gasteiger partial charge in [-0.3, -0.25) is 0 Å². The van der Waals surface area contributed by atoms with Crippen LogP contribution in [-0.2, 0) is 9.53 Å². The molecule has 0 bridgehead atoms. The number of ether oxygens (including phenoxy) is 3. The number of methoxy groups -OCH3 is 1. The Hall–Kier alpha value is -3.47. The van der Waals surface area contributed by atoms with Gasteiger partial charge in [0, 0.05) is 5.56 Å². The molecular weight excluding hydrogens is 354 g/mol. The first-order valence-electron chi connectivity index (χ1n) is 9.14. The lowest BCUT2D eigenvalue weighted by atomic mass is 9.80. The molecule has 0 saturated heterocycles. The summed E-state index contributed by atoms with van der Waals surface area (Å²) in [5.74, 6) is 0.579. The van der Waals surface area contributed by atoms with Crippen LogP contribution in [-0.4, -0.2) is 19.7 Å². The Labute approximate surface area is 163 Å². The van der Waals surface area contributed by atoms with Gasteiger partial charge in [0.1, 0.15) is 17.1 Å². The highest BCUT2D eigenvalue weighted by atomic mass is 16.5. The number of carbonyl (C=O) groups is 1. The minimum Gasteiger partial charge on any atom is -0.497 e. The van der Waals surface area contributed by atoms with Crippen LogP contribution in [0.5, 0.6) is 11.5 Å². The van der Waals surface area contributed by atoms with Gasteiger partial charge < -0.3 is 19.9 Å². The highest BCUT2D eigenvalue weighted by Gasteiger charge is 2.36. The molecule has 1 unspecified atom stereocenters. The predicted molar refractivity (Wildman–Crippen MR) is 107 cm³/mol. The van der Waals surface area contributed by atoms with E-state index in [4.69, 9.17) is 19.9 Å². The summed E-state index contributed by atoms with van der Waals surface area (Å²) in [5, 5.41) is 2.07. The molecule has 0 aromatic heterocycles. The molecule has 0 saturated carbocycles. The third-order valence-electron chi connectivity index (χ3n) is 4.94. The molecule has 1 atom stereocenters. The first kappa shape index (κ1) is 17.9. The highest BCUT2D eigenvalue weighted by Crippen LogP contribution is 2.46. The second-order valence-corrected chi connectivity index (χ2v) is 6.51. The van der Waals surface area contributed by atoms with E-state index in [2.05, 4.69) is 0 Å². The summed E-state index contributed by atoms with van der Waals surface area (Å²) >= 11 is 0. The number of fused-ring (bicyclic) bond motifs is 3. The smallest absolute Gasteiger partial charge is 0.340 e. The van der Waals surface area contributed by atoms with Crippen molar-refractivity contribution in [3.8, 4) is 11.5 Å². The van der Waals surface area contributed by atoms with Gasteiger partial charge in [-0.05, 0) is 41.5 Å². The van der Waals surface area contributed by atoms with Crippen molar-refractivity contribution in [2.75, 3.05) is 13.7 Å². The minimum absolute atomic E-state index is 0.0713. The summed E-state index contributed by atoms with van der Waals surface area (Å²) in [6.07, 6.45) is 0. The van der Waals surface area contributed by atoms with Crippen molar-refractivity contribution in [2.45, 2.75) is 12.8 Å². The van der Waals surface area contributed by atoms with Crippen molar-refractivity contribution >= 4 is 16.7 Å². The molecule has 28 heavy (non-hydrogen) atoms. The van der Waals surface area contributed by atoms with Crippen LogP contribution in [0.4, 0.5) is 0 Å². The van der Waals surface area contributed by atoms with E-state index < -0.39 is 11.9 Å². The van der Waals surface area contributed by atoms with E-state index in [1.807, 2.05) is 60.7 Å². The SMILES string of the molecule is CCOC(=O)C1=C(N)Oc2ccc3ccccc3c2C1c1ccc(OC)cc1. The van der Waals surface area contributed by atoms with Crippen molar-refractivity contribution in [1.82, 2.24) is 0 Å². The Bertz CT molecular complexity index is 1070. The maximum Gasteiger partial charge on any atom is 0.340 e. The average Bonchev–Trinajstić information content (AvgIpc) is 2.72. The fraction of sp³-hybridized carbons (Fsp3) is 0.174. The van der Waals surface area contributed by atoms with E-state index in [1.165, 1.54) is 0 Å². The van der Waals surface area contributed by atoms with Gasteiger partial charge in [0.2, 0.25) is 5.88 Å². The van der Waals surface area contributed by atoms with E-state index in [0.717, 1.165) is 27.6 Å². The summed E-state index contributed by atoms with van der Waals surface area (Å²) in [6, 6.07) is 19.5. The van der Waals surface area contributed by atoms with Gasteiger partial charge in [0.25, 0.3) is 0 Å². The molecule has 0 fully saturated rings. The van der Waals surface area contributed by atoms with E-state index in [9.17, 15) is 4.79 Å². The second kappa shape index (κ2) is 7.27. The lowest BCUT2D eigenvalue weighted by Gasteiger charge is -2.29. The number of carbonyl (C=O) groups excluding carboxylic acids is 1. The largest absolute Gasteiger partial charge is 0.497 e. The van der Waals surface area contributed by atoms with Gasteiger partial charge in [-0.1, -0.05) is 42.5 Å². The Morgan fingerprint density at radius 3 is 2.54 bits per heavy atom. The van der Waals surface area contributed by atoms with Crippen LogP contribution >= 0.6 is 0 Å². The lowest BCUT2D eigenvalue weighted by Crippen LogP contribution is -2.27. The van der Waals surface area contributed by atoms with Gasteiger partial charge >= 0.3 is 5.97 Å². The standard InChI is InChI=1S/C23H21NO4/c1-3-27-23(25)21-19(15-8-11-16(26-2)12-9-15)20-17-7-5-4-6-14(17)10-13-18(20)28-22(21)24/h4-13,19H,3,24H2,1-2H3. The first-order chi connectivity index (χ1) is 13.6. The normalized spacial score (nSPS) is 15.7. The molecule has 1 heterocycles. The zero-order valence-electron chi connectivity index (χ0n) is 15.8. The summed E-state index contributed by atoms with van der Waals surface area (Å²) in [6.45, 7) is 2.03. The van der Waals surface area contributed by atoms with Crippen LogP contribution < -0.4 is 15.2 Å². The zero-order valence-corrected chi connectivity index (χ0v) is 15.8. The van der Waals surface area contributed by atoms with Crippen LogP contribution in [0.25, 0.3) is 10.8 Å². The van der Waals surface area contributed by atoms with E-state index in [-0.39, 0.29) is 12.5 Å². The van der Waals surface area contributed by atoms with Crippen LogP contribution in [0.15, 0.2) is 72.1 Å². The summed E-state index contributed by atoms with van der Waals surface area (Å²) in [7, 11) is 1.62. The second-order valence-electron chi connectivity index (χ2n) is 6.51. The number of hydrogen-bond acceptors (Lipinski definition) is 5. The fourth-order valence-electron chi connectivity index (χ4n) is 3.68. The summed E-state index contributed by atoms with van der Waals surface area (Å²) in [4.78, 5) is 12.8. The Kier molecular flexibility index (Phi) is 4.65. The van der Waals surface area contributed by atoms with Crippen molar-refractivity contribution in [2.24, 2.45) is 5.73 Å². The van der Waals surface area contributed by atoms with Crippen molar-refractivity contribution in [3.05, 3.63) is 83.2 Å². The van der Waals surface area contributed by atoms with Crippen LogP contribution in [0, 0.1) is 0 Å². The van der Waals surface area contributed by atoms with E-state index in [0.29, 0.717) is 11.3 Å². The first-order valence-corrected chi connectivity index (χ1v) is 9.14. The Balaban J connectivity index is 1.98. The summed E-state index contributed by atoms with van der Waals surface area (Å²) < 4.78 is 16.4. The molecule has 3 aromatic carbocycles. The number of rotatable bonds is 4. The van der Waals surface area contributed by atoms with E-state index in [1.54, 1.807) is 14.0 Å². The van der Waals surface area contributed by atoms with Crippen molar-refractivity contribution in [1.29, 1.82) is 0 Å². The molecule has 0 amide bonds. The maximum atomic E-state index is 12.8. The molecule has 4 rings (SSSR count). The number of nitrogens with two attached hydrogens (primary N) is 1. The molecule has 5 heteroatoms. The number of benzene rings is 3. The van der Waals surface area contributed by atoms with Gasteiger partial charge in [-0.15, -0.1) is 0 Å². The molecule has 5 nitrogen and oxygen atoms in total. The Morgan fingerprint density at radius 1 is 1.07 bits per heavy atom. The van der Waals surface area contributed by atoms with Crippen molar-refractivity contribution in [3.63, 3.8) is 0 Å². The third kappa shape index (κ3) is 2.95. The zero-order chi connectivity index (χ0) is 19.7. The molecule has 142 valence electrons. The Morgan fingerprint density at radius 2 is 1.82 bits per heavy atom. The third-order valence-corrected chi connectivity index (χ3v) is 4.94. The molecule has 0 radical (unpaired) electrons. The predicted octanol–water partition coefficient (Wildman–Crippen LogP) is 4.11. The maximum absolute atomic E-state index is 12.8. The molecule has 0 spiro atoms. The highest BCUT2D eigenvalue weighted by molar-refractivity contribution is 5.97. The molecular formula is C23H21NO4. The topological polar surface area (TPSA) is 70.8 Å². The lowest BCUT2D eigenvalue weighted by molar-refractivity contribution is -0.139. The molecule has 1 aliphatic rings. The number of hydrogen-bond donors (Lipinski definition) is 1. The molecule has 2 N–H and O–H groups in total. The summed E-state index contributed by atoms with van der Waals surface area (Å²) in [5.41, 5.74) is 8.31. The van der Waals surface area contributed by atoms with Gasteiger partial charge in [0.05, 0.1) is 19.6 Å². The molecule has 1 aliphatic heterocycles. The van der Waals surface area contributed by atoms with Crippen LogP contribution in [0.2, 0.25) is 0 Å². The van der Waals surface area contributed by atoms with Gasteiger partial charge in [0.15, 0.2) is 0 Å². The minimum atomic E-state index is -0.473. The van der Waals surface area contributed by atoms with Crippen LogP contribution in [0.3, 0.4) is 0 Å². The van der Waals surface area contributed by atoms with Crippen molar-refractivity contribution < 1.29 is 19.0 Å². The monoisotopic (exact) mass is 375 g/mol. The van der Waals surface area contributed by atoms with Gasteiger partial charge in [-0.25, -0.2) is 4.79 Å². The average molecular weight is 375 g/mol. The molecule has 3 aromatic rings.